The lowest BCUT2D eigenvalue weighted by molar-refractivity contribution is 0.0706. The highest BCUT2D eigenvalue weighted by Gasteiger charge is 2.11. The van der Waals surface area contributed by atoms with E-state index in [9.17, 15) is 4.79 Å². The first-order valence-corrected chi connectivity index (χ1v) is 7.41. The van der Waals surface area contributed by atoms with E-state index in [-0.39, 0.29) is 0 Å². The maximum absolute atomic E-state index is 11.3. The van der Waals surface area contributed by atoms with E-state index in [1.54, 1.807) is 17.6 Å². The molecule has 0 aliphatic heterocycles. The molecule has 0 radical (unpaired) electrons. The summed E-state index contributed by atoms with van der Waals surface area (Å²) < 4.78 is 0. The molecule has 0 fully saturated rings. The lowest BCUT2D eigenvalue weighted by atomic mass is 10.1. The van der Waals surface area contributed by atoms with Gasteiger partial charge >= 0.3 is 0 Å². The standard InChI is InChI=1S/C18H22N2O2/c1-14(2)20(12-15-6-4-3-5-7-15)13-16-8-10-17(11-9-16)18(21)19-22/h3-11,14,22H,12-13H2,1-2H3,(H,19,21). The van der Waals surface area contributed by atoms with Crippen LogP contribution >= 0.6 is 0 Å². The Morgan fingerprint density at radius 1 is 1.00 bits per heavy atom. The first kappa shape index (κ1) is 16.2. The molecule has 1 amide bonds. The van der Waals surface area contributed by atoms with Crippen LogP contribution in [0.25, 0.3) is 0 Å². The number of rotatable bonds is 6. The van der Waals surface area contributed by atoms with Crippen molar-refractivity contribution in [2.24, 2.45) is 0 Å². The van der Waals surface area contributed by atoms with Crippen LogP contribution in [0.1, 0.15) is 35.3 Å². The third-order valence-electron chi connectivity index (χ3n) is 3.66. The second-order valence-corrected chi connectivity index (χ2v) is 5.62. The summed E-state index contributed by atoms with van der Waals surface area (Å²) in [5, 5.41) is 8.63. The number of hydrogen-bond donors (Lipinski definition) is 2. The SMILES string of the molecule is CC(C)N(Cc1ccccc1)Cc1ccc(C(=O)NO)cc1. The molecule has 4 nitrogen and oxygen atoms in total. The lowest BCUT2D eigenvalue weighted by Crippen LogP contribution is -2.29. The highest BCUT2D eigenvalue weighted by atomic mass is 16.5. The zero-order chi connectivity index (χ0) is 15.9. The van der Waals surface area contributed by atoms with Gasteiger partial charge in [-0.15, -0.1) is 0 Å². The number of benzene rings is 2. The average molecular weight is 298 g/mol. The minimum absolute atomic E-state index is 0.417. The fourth-order valence-corrected chi connectivity index (χ4v) is 2.30. The van der Waals surface area contributed by atoms with Crippen molar-refractivity contribution >= 4 is 5.91 Å². The van der Waals surface area contributed by atoms with Crippen LogP contribution in [0.2, 0.25) is 0 Å². The van der Waals surface area contributed by atoms with Crippen LogP contribution in [0, 0.1) is 0 Å². The zero-order valence-electron chi connectivity index (χ0n) is 13.0. The van der Waals surface area contributed by atoms with E-state index in [0.29, 0.717) is 11.6 Å². The lowest BCUT2D eigenvalue weighted by Gasteiger charge is -2.26. The van der Waals surface area contributed by atoms with Gasteiger partial charge < -0.3 is 0 Å². The maximum Gasteiger partial charge on any atom is 0.274 e. The predicted molar refractivity (Wildman–Crippen MR) is 86.5 cm³/mol. The molecule has 2 aromatic carbocycles. The normalized spacial score (nSPS) is 11.0. The van der Waals surface area contributed by atoms with Crippen LogP contribution in [-0.4, -0.2) is 22.1 Å². The molecule has 2 aromatic rings. The largest absolute Gasteiger partial charge is 0.292 e. The van der Waals surface area contributed by atoms with E-state index in [2.05, 4.69) is 43.0 Å². The van der Waals surface area contributed by atoms with Crippen LogP contribution in [-0.2, 0) is 13.1 Å². The first-order valence-electron chi connectivity index (χ1n) is 7.41. The van der Waals surface area contributed by atoms with Crippen LogP contribution < -0.4 is 5.48 Å². The summed E-state index contributed by atoms with van der Waals surface area (Å²) in [6.45, 7) is 6.05. The fourth-order valence-electron chi connectivity index (χ4n) is 2.30. The second kappa shape index (κ2) is 7.73. The Labute approximate surface area is 131 Å². The van der Waals surface area contributed by atoms with Crippen molar-refractivity contribution in [3.8, 4) is 0 Å². The van der Waals surface area contributed by atoms with Crippen LogP contribution in [0.4, 0.5) is 0 Å². The summed E-state index contributed by atoms with van der Waals surface area (Å²) in [5.74, 6) is -0.489. The summed E-state index contributed by atoms with van der Waals surface area (Å²) in [6.07, 6.45) is 0. The van der Waals surface area contributed by atoms with Crippen molar-refractivity contribution < 1.29 is 10.0 Å². The Morgan fingerprint density at radius 3 is 2.05 bits per heavy atom. The molecule has 2 rings (SSSR count). The van der Waals surface area contributed by atoms with Gasteiger partial charge in [-0.1, -0.05) is 42.5 Å². The van der Waals surface area contributed by atoms with E-state index in [1.165, 1.54) is 5.56 Å². The Bertz CT molecular complexity index is 594. The number of nitrogens with one attached hydrogen (secondary N) is 1. The van der Waals surface area contributed by atoms with Gasteiger partial charge in [0.15, 0.2) is 0 Å². The molecule has 0 unspecified atom stereocenters. The Hall–Kier alpha value is -2.17. The quantitative estimate of drug-likeness (QED) is 0.636. The molecule has 116 valence electrons. The number of amides is 1. The van der Waals surface area contributed by atoms with Gasteiger partial charge in [0.25, 0.3) is 5.91 Å². The van der Waals surface area contributed by atoms with Gasteiger partial charge in [-0.2, -0.15) is 0 Å². The van der Waals surface area contributed by atoms with E-state index in [0.717, 1.165) is 18.7 Å². The first-order chi connectivity index (χ1) is 10.6. The van der Waals surface area contributed by atoms with Crippen LogP contribution in [0.5, 0.6) is 0 Å². The van der Waals surface area contributed by atoms with Gasteiger partial charge in [-0.25, -0.2) is 5.48 Å². The minimum Gasteiger partial charge on any atom is -0.292 e. The van der Waals surface area contributed by atoms with Crippen molar-refractivity contribution in [2.45, 2.75) is 33.0 Å². The van der Waals surface area contributed by atoms with Crippen molar-refractivity contribution in [3.63, 3.8) is 0 Å². The number of carbonyl (C=O) groups is 1. The van der Waals surface area contributed by atoms with Crippen molar-refractivity contribution in [2.75, 3.05) is 0 Å². The van der Waals surface area contributed by atoms with E-state index in [4.69, 9.17) is 5.21 Å². The molecule has 0 atom stereocenters. The average Bonchev–Trinajstić information content (AvgIpc) is 2.55. The number of hydrogen-bond acceptors (Lipinski definition) is 3. The van der Waals surface area contributed by atoms with Gasteiger partial charge in [0.2, 0.25) is 0 Å². The highest BCUT2D eigenvalue weighted by molar-refractivity contribution is 5.93. The summed E-state index contributed by atoms with van der Waals surface area (Å²) in [5.41, 5.74) is 4.52. The molecule has 4 heteroatoms. The van der Waals surface area contributed by atoms with Gasteiger partial charge in [0.1, 0.15) is 0 Å². The van der Waals surface area contributed by atoms with E-state index in [1.807, 2.05) is 18.2 Å². The molecule has 0 aromatic heterocycles. The molecule has 0 heterocycles. The van der Waals surface area contributed by atoms with Crippen molar-refractivity contribution in [1.29, 1.82) is 0 Å². The minimum atomic E-state index is -0.489. The maximum atomic E-state index is 11.3. The second-order valence-electron chi connectivity index (χ2n) is 5.62. The highest BCUT2D eigenvalue weighted by Crippen LogP contribution is 2.14. The molecular formula is C18H22N2O2. The summed E-state index contributed by atoms with van der Waals surface area (Å²) in [7, 11) is 0. The van der Waals surface area contributed by atoms with Crippen LogP contribution in [0.15, 0.2) is 54.6 Å². The topological polar surface area (TPSA) is 52.6 Å². The molecule has 0 spiro atoms. The van der Waals surface area contributed by atoms with E-state index >= 15 is 0 Å². The summed E-state index contributed by atoms with van der Waals surface area (Å²) in [6, 6.07) is 18.1. The molecule has 0 aliphatic carbocycles. The zero-order valence-corrected chi connectivity index (χ0v) is 13.0. The summed E-state index contributed by atoms with van der Waals surface area (Å²) >= 11 is 0. The molecule has 22 heavy (non-hydrogen) atoms. The molecular weight excluding hydrogens is 276 g/mol. The van der Waals surface area contributed by atoms with Gasteiger partial charge in [0.05, 0.1) is 0 Å². The molecule has 2 N–H and O–H groups in total. The monoisotopic (exact) mass is 298 g/mol. The number of hydroxylamine groups is 1. The predicted octanol–water partition coefficient (Wildman–Crippen LogP) is 3.22. The Kier molecular flexibility index (Phi) is 5.69. The molecule has 0 saturated carbocycles. The molecule has 0 aliphatic rings. The van der Waals surface area contributed by atoms with Gasteiger partial charge in [0, 0.05) is 24.7 Å². The van der Waals surface area contributed by atoms with Crippen molar-refractivity contribution in [1.82, 2.24) is 10.4 Å². The molecule has 0 saturated heterocycles. The van der Waals surface area contributed by atoms with E-state index < -0.39 is 5.91 Å². The Balaban J connectivity index is 2.06. The molecule has 0 bridgehead atoms. The fraction of sp³-hybridized carbons (Fsp3) is 0.278. The Morgan fingerprint density at radius 2 is 1.55 bits per heavy atom. The summed E-state index contributed by atoms with van der Waals surface area (Å²) in [4.78, 5) is 13.7. The smallest absolute Gasteiger partial charge is 0.274 e. The third-order valence-corrected chi connectivity index (χ3v) is 3.66. The van der Waals surface area contributed by atoms with Crippen LogP contribution in [0.3, 0.4) is 0 Å². The van der Waals surface area contributed by atoms with Gasteiger partial charge in [-0.3, -0.25) is 14.9 Å². The third kappa shape index (κ3) is 4.41. The number of nitrogens with zero attached hydrogens (tertiary/aromatic N) is 1. The van der Waals surface area contributed by atoms with Gasteiger partial charge in [-0.05, 0) is 37.1 Å². The number of carbonyl (C=O) groups excluding carboxylic acids is 1. The van der Waals surface area contributed by atoms with Crippen molar-refractivity contribution in [3.05, 3.63) is 71.3 Å².